The van der Waals surface area contributed by atoms with Crippen LogP contribution in [0.3, 0.4) is 0 Å². The minimum Gasteiger partial charge on any atom is -0.389 e. The summed E-state index contributed by atoms with van der Waals surface area (Å²) in [5, 5.41) is 12.2. The van der Waals surface area contributed by atoms with E-state index in [2.05, 4.69) is 5.32 Å². The van der Waals surface area contributed by atoms with Crippen molar-refractivity contribution in [3.63, 3.8) is 0 Å². The van der Waals surface area contributed by atoms with Crippen LogP contribution >= 0.6 is 0 Å². The average molecular weight is 229 g/mol. The first-order valence-electron chi connectivity index (χ1n) is 4.87. The third-order valence-electron chi connectivity index (χ3n) is 1.60. The van der Waals surface area contributed by atoms with E-state index in [4.69, 9.17) is 4.74 Å². The molecule has 0 aliphatic heterocycles. The second kappa shape index (κ2) is 7.03. The molecule has 0 aromatic rings. The first-order chi connectivity index (χ1) is 6.81. The number of alkyl halides is 3. The van der Waals surface area contributed by atoms with Gasteiger partial charge in [0.05, 0.1) is 25.7 Å². The molecule has 0 aliphatic carbocycles. The minimum atomic E-state index is -4.19. The van der Waals surface area contributed by atoms with Gasteiger partial charge in [0.1, 0.15) is 0 Å². The lowest BCUT2D eigenvalue weighted by Gasteiger charge is -2.14. The Morgan fingerprint density at radius 3 is 2.40 bits per heavy atom. The van der Waals surface area contributed by atoms with Crippen LogP contribution in [0.15, 0.2) is 0 Å². The Balaban J connectivity index is 3.35. The summed E-state index contributed by atoms with van der Waals surface area (Å²) in [5.41, 5.74) is 0. The summed E-state index contributed by atoms with van der Waals surface area (Å²) in [5.74, 6) is 0. The molecular weight excluding hydrogens is 211 g/mol. The molecule has 2 N–H and O–H groups in total. The summed E-state index contributed by atoms with van der Waals surface area (Å²) < 4.78 is 39.7. The van der Waals surface area contributed by atoms with Gasteiger partial charge in [0, 0.05) is 12.6 Å². The van der Waals surface area contributed by atoms with Gasteiger partial charge in [0.2, 0.25) is 0 Å². The van der Waals surface area contributed by atoms with E-state index in [0.29, 0.717) is 6.54 Å². The maximum absolute atomic E-state index is 11.7. The van der Waals surface area contributed by atoms with Gasteiger partial charge in [-0.15, -0.1) is 0 Å². The molecule has 0 heterocycles. The fourth-order valence-corrected chi connectivity index (χ4v) is 0.838. The fourth-order valence-electron chi connectivity index (χ4n) is 0.838. The van der Waals surface area contributed by atoms with Crippen molar-refractivity contribution in [1.29, 1.82) is 0 Å². The molecule has 3 nitrogen and oxygen atoms in total. The molecule has 1 atom stereocenters. The lowest BCUT2D eigenvalue weighted by atomic mass is 10.3. The van der Waals surface area contributed by atoms with E-state index in [1.54, 1.807) is 0 Å². The van der Waals surface area contributed by atoms with E-state index >= 15 is 0 Å². The first kappa shape index (κ1) is 14.7. The molecular formula is C9H18F3NO2. The summed E-state index contributed by atoms with van der Waals surface area (Å²) >= 11 is 0. The van der Waals surface area contributed by atoms with Gasteiger partial charge in [-0.05, 0) is 0 Å². The molecule has 15 heavy (non-hydrogen) atoms. The SMILES string of the molecule is CC(C)NCC(O)COCCC(F)(F)F. The highest BCUT2D eigenvalue weighted by atomic mass is 19.4. The normalized spacial score (nSPS) is 14.6. The van der Waals surface area contributed by atoms with Gasteiger partial charge in [-0.3, -0.25) is 0 Å². The Labute approximate surface area is 87.6 Å². The highest BCUT2D eigenvalue weighted by molar-refractivity contribution is 4.61. The molecule has 0 rings (SSSR count). The van der Waals surface area contributed by atoms with Crippen molar-refractivity contribution in [2.24, 2.45) is 0 Å². The van der Waals surface area contributed by atoms with E-state index in [1.165, 1.54) is 0 Å². The Bertz CT molecular complexity index is 162. The molecule has 0 bridgehead atoms. The third-order valence-corrected chi connectivity index (χ3v) is 1.60. The van der Waals surface area contributed by atoms with Crippen LogP contribution in [-0.2, 0) is 4.74 Å². The van der Waals surface area contributed by atoms with E-state index in [1.807, 2.05) is 13.8 Å². The number of nitrogens with one attached hydrogen (secondary N) is 1. The Hall–Kier alpha value is -0.330. The number of ether oxygens (including phenoxy) is 1. The van der Waals surface area contributed by atoms with Gasteiger partial charge in [-0.2, -0.15) is 13.2 Å². The van der Waals surface area contributed by atoms with Crippen LogP contribution in [-0.4, -0.2) is 43.2 Å². The summed E-state index contributed by atoms with van der Waals surface area (Å²) in [6.07, 6.45) is -5.93. The van der Waals surface area contributed by atoms with E-state index in [-0.39, 0.29) is 12.6 Å². The second-order valence-electron chi connectivity index (χ2n) is 3.66. The fraction of sp³-hybridized carbons (Fsp3) is 1.00. The largest absolute Gasteiger partial charge is 0.391 e. The van der Waals surface area contributed by atoms with Gasteiger partial charge in [0.25, 0.3) is 0 Å². The minimum absolute atomic E-state index is 0.0736. The highest BCUT2D eigenvalue weighted by Crippen LogP contribution is 2.18. The zero-order chi connectivity index (χ0) is 11.9. The maximum atomic E-state index is 11.7. The van der Waals surface area contributed by atoms with Gasteiger partial charge in [0.15, 0.2) is 0 Å². The quantitative estimate of drug-likeness (QED) is 0.647. The van der Waals surface area contributed by atoms with Gasteiger partial charge in [-0.25, -0.2) is 0 Å². The Morgan fingerprint density at radius 1 is 1.33 bits per heavy atom. The van der Waals surface area contributed by atoms with Crippen LogP contribution in [0, 0.1) is 0 Å². The number of aliphatic hydroxyl groups excluding tert-OH is 1. The standard InChI is InChI=1S/C9H18F3NO2/c1-7(2)13-5-8(14)6-15-4-3-9(10,11)12/h7-8,13-14H,3-6H2,1-2H3. The molecule has 0 saturated carbocycles. The van der Waals surface area contributed by atoms with E-state index in [9.17, 15) is 18.3 Å². The molecule has 0 amide bonds. The summed E-state index contributed by atoms with van der Waals surface area (Å²) in [4.78, 5) is 0. The predicted molar refractivity (Wildman–Crippen MR) is 50.6 cm³/mol. The molecule has 0 radical (unpaired) electrons. The first-order valence-corrected chi connectivity index (χ1v) is 4.87. The number of hydrogen-bond donors (Lipinski definition) is 2. The van der Waals surface area contributed by atoms with Crippen molar-refractivity contribution < 1.29 is 23.0 Å². The summed E-state index contributed by atoms with van der Waals surface area (Å²) in [6.45, 7) is 3.68. The molecule has 0 aliphatic rings. The van der Waals surface area contributed by atoms with Crippen LogP contribution in [0.25, 0.3) is 0 Å². The third kappa shape index (κ3) is 11.6. The molecule has 6 heteroatoms. The summed E-state index contributed by atoms with van der Waals surface area (Å²) in [7, 11) is 0. The molecule has 0 fully saturated rings. The molecule has 1 unspecified atom stereocenters. The topological polar surface area (TPSA) is 41.5 Å². The average Bonchev–Trinajstić information content (AvgIpc) is 2.07. The molecule has 0 aromatic carbocycles. The molecule has 0 spiro atoms. The van der Waals surface area contributed by atoms with Crippen LogP contribution in [0.2, 0.25) is 0 Å². The Kier molecular flexibility index (Phi) is 6.87. The summed E-state index contributed by atoms with van der Waals surface area (Å²) in [6, 6.07) is 0.231. The van der Waals surface area contributed by atoms with Crippen LogP contribution in [0.4, 0.5) is 13.2 Å². The molecule has 0 saturated heterocycles. The zero-order valence-corrected chi connectivity index (χ0v) is 8.97. The van der Waals surface area contributed by atoms with Crippen LogP contribution in [0.5, 0.6) is 0 Å². The van der Waals surface area contributed by atoms with E-state index in [0.717, 1.165) is 0 Å². The van der Waals surface area contributed by atoms with Crippen LogP contribution < -0.4 is 5.32 Å². The zero-order valence-electron chi connectivity index (χ0n) is 8.97. The van der Waals surface area contributed by atoms with Crippen molar-refractivity contribution in [3.05, 3.63) is 0 Å². The number of aliphatic hydroxyl groups is 1. The van der Waals surface area contributed by atoms with Gasteiger partial charge < -0.3 is 15.2 Å². The number of rotatable bonds is 7. The van der Waals surface area contributed by atoms with Crippen molar-refractivity contribution in [3.8, 4) is 0 Å². The lowest BCUT2D eigenvalue weighted by Crippen LogP contribution is -2.34. The predicted octanol–water partition coefficient (Wildman–Crippen LogP) is 1.31. The van der Waals surface area contributed by atoms with Crippen molar-refractivity contribution in [2.75, 3.05) is 19.8 Å². The van der Waals surface area contributed by atoms with Crippen molar-refractivity contribution in [2.45, 2.75) is 38.6 Å². The highest BCUT2D eigenvalue weighted by Gasteiger charge is 2.26. The number of halogens is 3. The maximum Gasteiger partial charge on any atom is 0.391 e. The van der Waals surface area contributed by atoms with Gasteiger partial charge in [-0.1, -0.05) is 13.8 Å². The van der Waals surface area contributed by atoms with Crippen LogP contribution in [0.1, 0.15) is 20.3 Å². The molecule has 92 valence electrons. The molecule has 0 aromatic heterocycles. The monoisotopic (exact) mass is 229 g/mol. The van der Waals surface area contributed by atoms with Crippen molar-refractivity contribution in [1.82, 2.24) is 5.32 Å². The second-order valence-corrected chi connectivity index (χ2v) is 3.66. The van der Waals surface area contributed by atoms with E-state index < -0.39 is 25.3 Å². The number of hydrogen-bond acceptors (Lipinski definition) is 3. The Morgan fingerprint density at radius 2 is 1.93 bits per heavy atom. The smallest absolute Gasteiger partial charge is 0.389 e. The van der Waals surface area contributed by atoms with Gasteiger partial charge >= 0.3 is 6.18 Å². The lowest BCUT2D eigenvalue weighted by molar-refractivity contribution is -0.147. The van der Waals surface area contributed by atoms with Crippen molar-refractivity contribution >= 4 is 0 Å².